The number of aromatic nitrogens is 2. The molecule has 0 bridgehead atoms. The van der Waals surface area contributed by atoms with Gasteiger partial charge in [-0.2, -0.15) is 13.2 Å². The molecular formula is C27H44F3N3. The molecule has 188 valence electrons. The number of unbranched alkanes of at least 4 members (excludes halogenated alkanes) is 13. The van der Waals surface area contributed by atoms with Gasteiger partial charge in [0.1, 0.15) is 0 Å². The molecule has 0 fully saturated rings. The van der Waals surface area contributed by atoms with Crippen molar-refractivity contribution in [2.24, 2.45) is 0 Å². The van der Waals surface area contributed by atoms with Gasteiger partial charge in [-0.25, -0.2) is 9.66 Å². The van der Waals surface area contributed by atoms with Crippen LogP contribution in [0.15, 0.2) is 24.5 Å². The standard InChI is InChI=1S/C27H44F3N3/c1-2-3-4-5-6-10-13-16-22-32-33-23-24(25-19-17-21-31-26(25)33)18-14-11-8-7-9-12-15-20-27(28,29)30/h17,19,21,23,32H,2-16,18,20,22H2,1H3. The van der Waals surface area contributed by atoms with Crippen molar-refractivity contribution < 1.29 is 13.2 Å². The van der Waals surface area contributed by atoms with Crippen LogP contribution < -0.4 is 5.43 Å². The summed E-state index contributed by atoms with van der Waals surface area (Å²) in [4.78, 5) is 4.58. The van der Waals surface area contributed by atoms with Gasteiger partial charge in [0, 0.05) is 30.7 Å². The van der Waals surface area contributed by atoms with Crippen molar-refractivity contribution in [3.63, 3.8) is 0 Å². The lowest BCUT2D eigenvalue weighted by Crippen LogP contribution is -2.15. The summed E-state index contributed by atoms with van der Waals surface area (Å²) in [7, 11) is 0. The summed E-state index contributed by atoms with van der Waals surface area (Å²) in [5.74, 6) is 0. The highest BCUT2D eigenvalue weighted by Gasteiger charge is 2.25. The van der Waals surface area contributed by atoms with Crippen molar-refractivity contribution in [1.29, 1.82) is 0 Å². The molecule has 2 heterocycles. The second-order valence-corrected chi connectivity index (χ2v) is 9.37. The van der Waals surface area contributed by atoms with E-state index >= 15 is 0 Å². The van der Waals surface area contributed by atoms with Gasteiger partial charge in [0.25, 0.3) is 0 Å². The van der Waals surface area contributed by atoms with Crippen LogP contribution in [-0.4, -0.2) is 22.4 Å². The second kappa shape index (κ2) is 16.0. The van der Waals surface area contributed by atoms with Crippen LogP contribution in [0.4, 0.5) is 13.2 Å². The first-order valence-corrected chi connectivity index (χ1v) is 13.3. The van der Waals surface area contributed by atoms with Gasteiger partial charge in [-0.3, -0.25) is 0 Å². The maximum Gasteiger partial charge on any atom is 0.389 e. The molecular weight excluding hydrogens is 423 g/mol. The van der Waals surface area contributed by atoms with Gasteiger partial charge >= 0.3 is 6.18 Å². The van der Waals surface area contributed by atoms with Crippen LogP contribution in [0.1, 0.15) is 115 Å². The molecule has 0 aromatic carbocycles. The number of nitrogens with zero attached hydrogens (tertiary/aromatic N) is 2. The zero-order chi connectivity index (χ0) is 23.8. The van der Waals surface area contributed by atoms with E-state index in [0.29, 0.717) is 6.42 Å². The van der Waals surface area contributed by atoms with Gasteiger partial charge in [-0.05, 0) is 43.4 Å². The van der Waals surface area contributed by atoms with Crippen LogP contribution >= 0.6 is 0 Å². The van der Waals surface area contributed by atoms with Crippen molar-refractivity contribution in [1.82, 2.24) is 9.66 Å². The van der Waals surface area contributed by atoms with Crippen LogP contribution in [-0.2, 0) is 6.42 Å². The van der Waals surface area contributed by atoms with Crippen molar-refractivity contribution in [3.05, 3.63) is 30.1 Å². The van der Waals surface area contributed by atoms with E-state index in [1.807, 2.05) is 12.3 Å². The van der Waals surface area contributed by atoms with Crippen molar-refractivity contribution in [2.45, 2.75) is 122 Å². The molecule has 0 saturated carbocycles. The highest BCUT2D eigenvalue weighted by Crippen LogP contribution is 2.24. The number of pyridine rings is 1. The third-order valence-electron chi connectivity index (χ3n) is 6.36. The van der Waals surface area contributed by atoms with E-state index in [9.17, 15) is 13.2 Å². The predicted octanol–water partition coefficient (Wildman–Crippen LogP) is 8.95. The molecule has 2 aromatic rings. The Morgan fingerprint density at radius 2 is 1.42 bits per heavy atom. The Hall–Kier alpha value is -1.72. The molecule has 0 aliphatic rings. The van der Waals surface area contributed by atoms with E-state index in [4.69, 9.17) is 0 Å². The molecule has 33 heavy (non-hydrogen) atoms. The average Bonchev–Trinajstić information content (AvgIpc) is 3.14. The molecule has 0 atom stereocenters. The molecule has 0 aliphatic heterocycles. The summed E-state index contributed by atoms with van der Waals surface area (Å²) >= 11 is 0. The van der Waals surface area contributed by atoms with Gasteiger partial charge in [-0.15, -0.1) is 0 Å². The predicted molar refractivity (Wildman–Crippen MR) is 133 cm³/mol. The summed E-state index contributed by atoms with van der Waals surface area (Å²) in [5.41, 5.74) is 5.86. The fourth-order valence-corrected chi connectivity index (χ4v) is 4.43. The molecule has 0 saturated heterocycles. The molecule has 6 heteroatoms. The molecule has 0 aliphatic carbocycles. The fraction of sp³-hybridized carbons (Fsp3) is 0.741. The topological polar surface area (TPSA) is 29.9 Å². The number of fused-ring (bicyclic) bond motifs is 1. The second-order valence-electron chi connectivity index (χ2n) is 9.37. The minimum absolute atomic E-state index is 0.266. The average molecular weight is 468 g/mol. The van der Waals surface area contributed by atoms with E-state index in [1.54, 1.807) is 0 Å². The molecule has 0 spiro atoms. The zero-order valence-corrected chi connectivity index (χ0v) is 20.6. The summed E-state index contributed by atoms with van der Waals surface area (Å²) in [5, 5.41) is 1.22. The smallest absolute Gasteiger partial charge is 0.324 e. The minimum atomic E-state index is -4.00. The first-order chi connectivity index (χ1) is 16.0. The first-order valence-electron chi connectivity index (χ1n) is 13.3. The zero-order valence-electron chi connectivity index (χ0n) is 20.6. The van der Waals surface area contributed by atoms with Crippen molar-refractivity contribution in [3.8, 4) is 0 Å². The summed E-state index contributed by atoms with van der Waals surface area (Å²) in [6, 6.07) is 4.14. The van der Waals surface area contributed by atoms with E-state index < -0.39 is 12.6 Å². The van der Waals surface area contributed by atoms with Gasteiger partial charge in [0.2, 0.25) is 0 Å². The molecule has 2 aromatic heterocycles. The molecule has 0 unspecified atom stereocenters. The lowest BCUT2D eigenvalue weighted by atomic mass is 10.0. The third-order valence-corrected chi connectivity index (χ3v) is 6.36. The van der Waals surface area contributed by atoms with E-state index in [2.05, 4.69) is 34.3 Å². The van der Waals surface area contributed by atoms with Crippen molar-refractivity contribution in [2.75, 3.05) is 12.0 Å². The number of nitrogens with one attached hydrogen (secondary N) is 1. The highest BCUT2D eigenvalue weighted by atomic mass is 19.4. The van der Waals surface area contributed by atoms with E-state index in [0.717, 1.165) is 50.7 Å². The summed E-state index contributed by atoms with van der Waals surface area (Å²) in [6.07, 6.45) is 17.2. The SMILES string of the molecule is CCCCCCCCCCNn1cc(CCCCCCCCCC(F)(F)F)c2cccnc21. The lowest BCUT2D eigenvalue weighted by Gasteiger charge is -2.08. The van der Waals surface area contributed by atoms with Gasteiger partial charge in [-0.1, -0.05) is 84.0 Å². The Kier molecular flexibility index (Phi) is 13.3. The van der Waals surface area contributed by atoms with Gasteiger partial charge in [0.05, 0.1) is 0 Å². The lowest BCUT2D eigenvalue weighted by molar-refractivity contribution is -0.135. The number of halogens is 3. The number of hydrogen-bond acceptors (Lipinski definition) is 2. The van der Waals surface area contributed by atoms with Crippen LogP contribution in [0.25, 0.3) is 11.0 Å². The van der Waals surface area contributed by atoms with Gasteiger partial charge in [0.15, 0.2) is 5.65 Å². The Bertz CT molecular complexity index is 755. The summed E-state index contributed by atoms with van der Waals surface area (Å²) in [6.45, 7) is 3.22. The van der Waals surface area contributed by atoms with Crippen LogP contribution in [0.2, 0.25) is 0 Å². The normalized spacial score (nSPS) is 12.0. The Morgan fingerprint density at radius 1 is 0.818 bits per heavy atom. The van der Waals surface area contributed by atoms with E-state index in [1.165, 1.54) is 62.3 Å². The molecule has 2 rings (SSSR count). The minimum Gasteiger partial charge on any atom is -0.324 e. The quantitative estimate of drug-likeness (QED) is 0.209. The molecule has 0 radical (unpaired) electrons. The van der Waals surface area contributed by atoms with Crippen LogP contribution in [0.3, 0.4) is 0 Å². The molecule has 0 amide bonds. The van der Waals surface area contributed by atoms with Crippen molar-refractivity contribution >= 4 is 11.0 Å². The number of hydrogen-bond donors (Lipinski definition) is 1. The maximum atomic E-state index is 12.2. The molecule has 3 nitrogen and oxygen atoms in total. The van der Waals surface area contributed by atoms with Gasteiger partial charge < -0.3 is 5.43 Å². The number of rotatable bonds is 19. The summed E-state index contributed by atoms with van der Waals surface area (Å²) < 4.78 is 38.6. The Labute approximate surface area is 198 Å². The molecule has 1 N–H and O–H groups in total. The third kappa shape index (κ3) is 11.8. The monoisotopic (exact) mass is 467 g/mol. The highest BCUT2D eigenvalue weighted by molar-refractivity contribution is 5.80. The first kappa shape index (κ1) is 27.5. The maximum absolute atomic E-state index is 12.2. The van der Waals surface area contributed by atoms with Crippen LogP contribution in [0.5, 0.6) is 0 Å². The Morgan fingerprint density at radius 3 is 2.09 bits per heavy atom. The van der Waals surface area contributed by atoms with E-state index in [-0.39, 0.29) is 6.42 Å². The number of aryl methyl sites for hydroxylation is 1. The Balaban J connectivity index is 1.63. The largest absolute Gasteiger partial charge is 0.389 e. The fourth-order valence-electron chi connectivity index (χ4n) is 4.43. The van der Waals surface area contributed by atoms with Crippen LogP contribution in [0, 0.1) is 0 Å². The number of alkyl halides is 3.